The van der Waals surface area contributed by atoms with Gasteiger partial charge in [0.2, 0.25) is 5.91 Å². The Morgan fingerprint density at radius 3 is 2.61 bits per heavy atom. The molecule has 33 heavy (non-hydrogen) atoms. The minimum Gasteiger partial charge on any atom is -0.493 e. The predicted octanol–water partition coefficient (Wildman–Crippen LogP) is 4.52. The Hall–Kier alpha value is -2.84. The van der Waals surface area contributed by atoms with E-state index in [0.717, 1.165) is 62.9 Å². The van der Waals surface area contributed by atoms with Gasteiger partial charge in [-0.3, -0.25) is 9.78 Å². The van der Waals surface area contributed by atoms with Crippen LogP contribution >= 0.6 is 0 Å². The van der Waals surface area contributed by atoms with Crippen LogP contribution in [0.5, 0.6) is 5.75 Å². The zero-order chi connectivity index (χ0) is 23.4. The van der Waals surface area contributed by atoms with Crippen LogP contribution < -0.4 is 9.64 Å². The first kappa shape index (κ1) is 23.3. The molecule has 1 aromatic heterocycles. The number of nitrogens with zero attached hydrogens (tertiary/aromatic N) is 4. The highest BCUT2D eigenvalue weighted by Crippen LogP contribution is 2.36. The first-order chi connectivity index (χ1) is 15.8. The zero-order valence-corrected chi connectivity index (χ0v) is 18.7. The van der Waals surface area contributed by atoms with Crippen molar-refractivity contribution in [2.75, 3.05) is 37.7 Å². The number of likely N-dealkylation sites (tertiary alicyclic amines) is 1. The van der Waals surface area contributed by atoms with Crippen LogP contribution in [0.25, 0.3) is 0 Å². The molecule has 2 saturated heterocycles. The Morgan fingerprint density at radius 2 is 1.88 bits per heavy atom. The van der Waals surface area contributed by atoms with Gasteiger partial charge in [0, 0.05) is 51.1 Å². The van der Waals surface area contributed by atoms with Crippen molar-refractivity contribution >= 4 is 11.7 Å². The molecule has 1 amide bonds. The number of hydrogen-bond donors (Lipinski definition) is 0. The molecule has 9 heteroatoms. The molecule has 6 nitrogen and oxygen atoms in total. The van der Waals surface area contributed by atoms with Gasteiger partial charge in [-0.25, -0.2) is 4.98 Å². The first-order valence-electron chi connectivity index (χ1n) is 11.4. The molecule has 0 spiro atoms. The zero-order valence-electron chi connectivity index (χ0n) is 18.7. The summed E-state index contributed by atoms with van der Waals surface area (Å²) in [6, 6.07) is 5.34. The van der Waals surface area contributed by atoms with Crippen LogP contribution in [0.3, 0.4) is 0 Å². The van der Waals surface area contributed by atoms with Crippen molar-refractivity contribution < 1.29 is 22.7 Å². The lowest BCUT2D eigenvalue weighted by molar-refractivity contribution is -0.139. The van der Waals surface area contributed by atoms with Gasteiger partial charge in [-0.1, -0.05) is 12.1 Å². The monoisotopic (exact) mass is 462 g/mol. The fraction of sp³-hybridized carbons (Fsp3) is 0.542. The molecule has 1 atom stereocenters. The fourth-order valence-electron chi connectivity index (χ4n) is 4.65. The van der Waals surface area contributed by atoms with Crippen LogP contribution in [0.2, 0.25) is 0 Å². The van der Waals surface area contributed by atoms with Crippen LogP contribution in [0.1, 0.15) is 49.8 Å². The number of piperidine rings is 2. The van der Waals surface area contributed by atoms with Gasteiger partial charge in [0.25, 0.3) is 0 Å². The number of rotatable bonds is 5. The topological polar surface area (TPSA) is 58.6 Å². The van der Waals surface area contributed by atoms with E-state index in [1.54, 1.807) is 25.4 Å². The van der Waals surface area contributed by atoms with Gasteiger partial charge in [0.15, 0.2) is 0 Å². The summed E-state index contributed by atoms with van der Waals surface area (Å²) in [5, 5.41) is 0. The number of benzene rings is 1. The second-order valence-electron chi connectivity index (χ2n) is 8.84. The van der Waals surface area contributed by atoms with E-state index in [0.29, 0.717) is 6.54 Å². The summed E-state index contributed by atoms with van der Waals surface area (Å²) < 4.78 is 45.3. The van der Waals surface area contributed by atoms with E-state index in [4.69, 9.17) is 9.72 Å². The van der Waals surface area contributed by atoms with Gasteiger partial charge < -0.3 is 14.5 Å². The van der Waals surface area contributed by atoms with Crippen molar-refractivity contribution in [1.29, 1.82) is 0 Å². The molecule has 4 rings (SSSR count). The molecule has 1 aromatic carbocycles. The predicted molar refractivity (Wildman–Crippen MR) is 118 cm³/mol. The molecule has 0 radical (unpaired) electrons. The number of hydrogen-bond acceptors (Lipinski definition) is 5. The minimum absolute atomic E-state index is 0.101. The lowest BCUT2D eigenvalue weighted by atomic mass is 9.93. The van der Waals surface area contributed by atoms with Crippen molar-refractivity contribution in [3.05, 3.63) is 47.9 Å². The third-order valence-electron chi connectivity index (χ3n) is 6.51. The molecular weight excluding hydrogens is 433 g/mol. The summed E-state index contributed by atoms with van der Waals surface area (Å²) in [6.07, 6.45) is 2.65. The molecule has 2 aliphatic heterocycles. The lowest BCUT2D eigenvalue weighted by Crippen LogP contribution is -2.39. The molecule has 3 heterocycles. The van der Waals surface area contributed by atoms with Crippen molar-refractivity contribution in [2.45, 2.75) is 44.7 Å². The van der Waals surface area contributed by atoms with Gasteiger partial charge in [0.05, 0.1) is 24.1 Å². The molecule has 0 N–H and O–H groups in total. The van der Waals surface area contributed by atoms with Crippen molar-refractivity contribution in [2.24, 2.45) is 5.92 Å². The number of para-hydroxylation sites is 1. The number of carbonyl (C=O) groups excluding carboxylic acids is 1. The minimum atomic E-state index is -4.44. The Bertz CT molecular complexity index is 961. The standard InChI is InChI=1S/C24H29F3N4O2/c1-17(32)30-11-8-19(9-12-30)21-13-28-14-23(29-21)31-10-4-5-18(15-31)16-33-22-7-3-2-6-20(22)24(25,26)27/h2-3,6-7,13-14,18-19H,4-5,8-12,15-16H2,1H3. The molecule has 1 unspecified atom stereocenters. The highest BCUT2D eigenvalue weighted by molar-refractivity contribution is 5.73. The second kappa shape index (κ2) is 9.97. The average Bonchev–Trinajstić information content (AvgIpc) is 2.83. The number of anilines is 1. The van der Waals surface area contributed by atoms with E-state index in [2.05, 4.69) is 9.88 Å². The normalized spacial score (nSPS) is 20.1. The van der Waals surface area contributed by atoms with E-state index < -0.39 is 11.7 Å². The molecule has 0 aliphatic carbocycles. The molecule has 0 bridgehead atoms. The van der Waals surface area contributed by atoms with Crippen molar-refractivity contribution in [3.8, 4) is 5.75 Å². The van der Waals surface area contributed by atoms with Gasteiger partial charge in [-0.05, 0) is 37.8 Å². The van der Waals surface area contributed by atoms with E-state index in [1.165, 1.54) is 12.1 Å². The summed E-state index contributed by atoms with van der Waals surface area (Å²) in [7, 11) is 0. The average molecular weight is 463 g/mol. The number of carbonyl (C=O) groups is 1. The summed E-state index contributed by atoms with van der Waals surface area (Å²) in [4.78, 5) is 24.8. The van der Waals surface area contributed by atoms with Crippen LogP contribution in [-0.4, -0.2) is 53.6 Å². The van der Waals surface area contributed by atoms with Crippen molar-refractivity contribution in [3.63, 3.8) is 0 Å². The largest absolute Gasteiger partial charge is 0.493 e. The number of alkyl halides is 3. The Morgan fingerprint density at radius 1 is 1.12 bits per heavy atom. The van der Waals surface area contributed by atoms with Crippen LogP contribution in [-0.2, 0) is 11.0 Å². The first-order valence-corrected chi connectivity index (χ1v) is 11.4. The van der Waals surface area contributed by atoms with Crippen molar-refractivity contribution in [1.82, 2.24) is 14.9 Å². The smallest absolute Gasteiger partial charge is 0.419 e. The summed E-state index contributed by atoms with van der Waals surface area (Å²) in [5.41, 5.74) is 0.195. The summed E-state index contributed by atoms with van der Waals surface area (Å²) >= 11 is 0. The highest BCUT2D eigenvalue weighted by atomic mass is 19.4. The quantitative estimate of drug-likeness (QED) is 0.654. The Labute approximate surface area is 191 Å². The maximum atomic E-state index is 13.2. The van der Waals surface area contributed by atoms with Gasteiger partial charge in [-0.2, -0.15) is 13.2 Å². The lowest BCUT2D eigenvalue weighted by Gasteiger charge is -2.34. The molecular formula is C24H29F3N4O2. The van der Waals surface area contributed by atoms with Crippen LogP contribution in [0.4, 0.5) is 19.0 Å². The van der Waals surface area contributed by atoms with E-state index in [9.17, 15) is 18.0 Å². The third-order valence-corrected chi connectivity index (χ3v) is 6.51. The molecule has 178 valence electrons. The van der Waals surface area contributed by atoms with Gasteiger partial charge in [-0.15, -0.1) is 0 Å². The maximum Gasteiger partial charge on any atom is 0.419 e. The van der Waals surface area contributed by atoms with E-state index >= 15 is 0 Å². The van der Waals surface area contributed by atoms with Crippen LogP contribution in [0, 0.1) is 5.92 Å². The Kier molecular flexibility index (Phi) is 7.05. The molecule has 0 saturated carbocycles. The van der Waals surface area contributed by atoms with Gasteiger partial charge in [0.1, 0.15) is 11.6 Å². The number of ether oxygens (including phenoxy) is 1. The van der Waals surface area contributed by atoms with E-state index in [1.807, 2.05) is 4.90 Å². The van der Waals surface area contributed by atoms with Gasteiger partial charge >= 0.3 is 6.18 Å². The van der Waals surface area contributed by atoms with E-state index in [-0.39, 0.29) is 30.1 Å². The fourth-order valence-corrected chi connectivity index (χ4v) is 4.65. The maximum absolute atomic E-state index is 13.2. The highest BCUT2D eigenvalue weighted by Gasteiger charge is 2.34. The number of aromatic nitrogens is 2. The molecule has 2 aliphatic rings. The number of halogens is 3. The second-order valence-corrected chi connectivity index (χ2v) is 8.84. The third kappa shape index (κ3) is 5.75. The van der Waals surface area contributed by atoms with Crippen LogP contribution in [0.15, 0.2) is 36.7 Å². The SMILES string of the molecule is CC(=O)N1CCC(c2cncc(N3CCCC(COc4ccccc4C(F)(F)F)C3)n2)CC1. The molecule has 2 aromatic rings. The summed E-state index contributed by atoms with van der Waals surface area (Å²) in [5.74, 6) is 1.15. The molecule has 2 fully saturated rings. The summed E-state index contributed by atoms with van der Waals surface area (Å²) in [6.45, 7) is 4.77. The Balaban J connectivity index is 1.37. The number of amides is 1.